The first kappa shape index (κ1) is 39.4. The number of phenols is 1. The molecule has 0 aromatic heterocycles. The summed E-state index contributed by atoms with van der Waals surface area (Å²) in [6, 6.07) is 21.4. The molecule has 1 aliphatic heterocycles. The molecule has 0 spiro atoms. The maximum absolute atomic E-state index is 14.6. The van der Waals surface area contributed by atoms with E-state index in [-0.39, 0.29) is 57.0 Å². The normalized spacial score (nSPS) is 16.0. The lowest BCUT2D eigenvalue weighted by atomic mass is 9.96. The van der Waals surface area contributed by atoms with E-state index in [0.717, 1.165) is 16.3 Å². The third-order valence-electron chi connectivity index (χ3n) is 9.70. The molecule has 54 heavy (non-hydrogen) atoms. The molecule has 4 unspecified atom stereocenters. The van der Waals surface area contributed by atoms with Crippen molar-refractivity contribution in [1.29, 1.82) is 0 Å². The molecule has 0 radical (unpaired) electrons. The molecule has 1 fully saturated rings. The van der Waals surface area contributed by atoms with Crippen molar-refractivity contribution in [1.82, 2.24) is 25.8 Å². The molecule has 4 aromatic carbocycles. The number of nitrogens with one attached hydrogen (secondary N) is 3. The summed E-state index contributed by atoms with van der Waals surface area (Å²) in [5.41, 5.74) is 7.96. The molecule has 5 amide bonds. The van der Waals surface area contributed by atoms with Gasteiger partial charge in [-0.3, -0.25) is 24.0 Å². The quantitative estimate of drug-likeness (QED) is 0.125. The molecule has 1 heterocycles. The van der Waals surface area contributed by atoms with Crippen molar-refractivity contribution in [3.8, 4) is 5.75 Å². The van der Waals surface area contributed by atoms with Crippen LogP contribution in [0.5, 0.6) is 5.75 Å². The van der Waals surface area contributed by atoms with Gasteiger partial charge in [0.25, 0.3) is 0 Å². The zero-order valence-corrected chi connectivity index (χ0v) is 30.5. The van der Waals surface area contributed by atoms with E-state index in [1.807, 2.05) is 42.5 Å². The Morgan fingerprint density at radius 3 is 2.09 bits per heavy atom. The highest BCUT2D eigenvalue weighted by Gasteiger charge is 2.43. The number of phenolic OH excluding ortho intramolecular Hbond substituents is 1. The van der Waals surface area contributed by atoms with Crippen molar-refractivity contribution in [2.75, 3.05) is 26.7 Å². The summed E-state index contributed by atoms with van der Waals surface area (Å²) in [7, 11) is 1.52. The average Bonchev–Trinajstić information content (AvgIpc) is 3.16. The molecular weight excluding hydrogens is 691 g/mol. The molecule has 12 nitrogen and oxygen atoms in total. The van der Waals surface area contributed by atoms with E-state index < -0.39 is 53.6 Å². The van der Waals surface area contributed by atoms with Gasteiger partial charge in [-0.1, -0.05) is 66.7 Å². The first-order chi connectivity index (χ1) is 26.0. The number of likely N-dealkylation sites (N-methyl/N-ethyl adjacent to an activating group) is 1. The highest BCUT2D eigenvalue weighted by molar-refractivity contribution is 5.96. The predicted molar refractivity (Wildman–Crippen MR) is 202 cm³/mol. The van der Waals surface area contributed by atoms with Crippen LogP contribution in [0.25, 0.3) is 10.8 Å². The minimum absolute atomic E-state index is 0.0301. The van der Waals surface area contributed by atoms with Gasteiger partial charge in [0.15, 0.2) is 0 Å². The van der Waals surface area contributed by atoms with Gasteiger partial charge in [0.1, 0.15) is 35.7 Å². The van der Waals surface area contributed by atoms with Crippen LogP contribution in [0.3, 0.4) is 0 Å². The molecule has 4 atom stereocenters. The van der Waals surface area contributed by atoms with Gasteiger partial charge >= 0.3 is 0 Å². The number of amides is 5. The standard InChI is InChI=1S/C41H47FN6O6/c1-26(49)45-34(23-28-12-17-33(50)18-13-28)38(51)46-35(24-27-10-15-32(42)16-11-27)40(53)47-20-21-48(41(54)36(47)8-5-19-43)37(39(52)44-2)25-29-9-14-30-6-3-4-7-31(30)22-29/h3-4,6-7,9-18,22,34-37,50H,5,8,19-21,23-25,43H2,1-2H3,(H,44,52)(H,45,49)(H,46,51). The number of hydrogen-bond acceptors (Lipinski definition) is 7. The minimum Gasteiger partial charge on any atom is -0.508 e. The van der Waals surface area contributed by atoms with Crippen molar-refractivity contribution < 1.29 is 33.5 Å². The first-order valence-electron chi connectivity index (χ1n) is 18.1. The van der Waals surface area contributed by atoms with E-state index in [9.17, 15) is 33.5 Å². The van der Waals surface area contributed by atoms with Crippen molar-refractivity contribution in [3.05, 3.63) is 114 Å². The van der Waals surface area contributed by atoms with Crippen molar-refractivity contribution in [3.63, 3.8) is 0 Å². The van der Waals surface area contributed by atoms with Gasteiger partial charge in [-0.25, -0.2) is 4.39 Å². The first-order valence-corrected chi connectivity index (χ1v) is 18.1. The minimum atomic E-state index is -1.20. The van der Waals surface area contributed by atoms with E-state index in [0.29, 0.717) is 17.5 Å². The molecule has 0 aliphatic carbocycles. The van der Waals surface area contributed by atoms with Gasteiger partial charge in [-0.15, -0.1) is 0 Å². The van der Waals surface area contributed by atoms with Crippen LogP contribution in [0.4, 0.5) is 4.39 Å². The number of nitrogens with zero attached hydrogens (tertiary/aromatic N) is 2. The monoisotopic (exact) mass is 738 g/mol. The predicted octanol–water partition coefficient (Wildman–Crippen LogP) is 2.59. The molecule has 0 saturated carbocycles. The van der Waals surface area contributed by atoms with E-state index >= 15 is 0 Å². The smallest absolute Gasteiger partial charge is 0.246 e. The lowest BCUT2D eigenvalue weighted by molar-refractivity contribution is -0.157. The van der Waals surface area contributed by atoms with Crippen molar-refractivity contribution in [2.24, 2.45) is 5.73 Å². The fourth-order valence-corrected chi connectivity index (χ4v) is 6.92. The lowest BCUT2D eigenvalue weighted by Crippen LogP contribution is -2.66. The summed E-state index contributed by atoms with van der Waals surface area (Å²) in [6.45, 7) is 1.66. The highest BCUT2D eigenvalue weighted by Crippen LogP contribution is 2.24. The van der Waals surface area contributed by atoms with Crippen molar-refractivity contribution >= 4 is 40.3 Å². The molecule has 5 rings (SSSR count). The Kier molecular flexibility index (Phi) is 13.3. The Hall–Kier alpha value is -5.82. The molecule has 1 aliphatic rings. The lowest BCUT2D eigenvalue weighted by Gasteiger charge is -2.44. The third-order valence-corrected chi connectivity index (χ3v) is 9.70. The number of carbonyl (C=O) groups excluding carboxylic acids is 5. The van der Waals surface area contributed by atoms with Gasteiger partial charge < -0.3 is 36.6 Å². The zero-order valence-electron chi connectivity index (χ0n) is 30.5. The van der Waals surface area contributed by atoms with Crippen LogP contribution in [0.1, 0.15) is 36.5 Å². The fraction of sp³-hybridized carbons (Fsp3) is 0.341. The number of carbonyl (C=O) groups is 5. The second-order valence-electron chi connectivity index (χ2n) is 13.5. The van der Waals surface area contributed by atoms with Gasteiger partial charge in [0, 0.05) is 46.3 Å². The summed E-state index contributed by atoms with van der Waals surface area (Å²) in [6.07, 6.45) is 0.925. The molecule has 1 saturated heterocycles. The number of piperazine rings is 1. The number of fused-ring (bicyclic) bond motifs is 1. The summed E-state index contributed by atoms with van der Waals surface area (Å²) < 4.78 is 13.9. The van der Waals surface area contributed by atoms with E-state index in [4.69, 9.17) is 5.73 Å². The van der Waals surface area contributed by atoms with Crippen LogP contribution in [0.2, 0.25) is 0 Å². The SMILES string of the molecule is CNC(=O)C(Cc1ccc2ccccc2c1)N1CCN(C(=O)C(Cc2ccc(F)cc2)NC(=O)C(Cc2ccc(O)cc2)NC(C)=O)C(CCCN)C1=O. The van der Waals surface area contributed by atoms with Crippen LogP contribution in [0, 0.1) is 5.82 Å². The van der Waals surface area contributed by atoms with Crippen LogP contribution in [0.15, 0.2) is 91.0 Å². The molecule has 284 valence electrons. The number of aromatic hydroxyl groups is 1. The van der Waals surface area contributed by atoms with E-state index in [2.05, 4.69) is 16.0 Å². The Labute approximate surface area is 313 Å². The number of rotatable bonds is 15. The molecule has 4 aromatic rings. The second-order valence-corrected chi connectivity index (χ2v) is 13.5. The number of nitrogens with two attached hydrogens (primary N) is 1. The summed E-state index contributed by atoms with van der Waals surface area (Å²) in [4.78, 5) is 71.4. The fourth-order valence-electron chi connectivity index (χ4n) is 6.92. The van der Waals surface area contributed by atoms with E-state index in [1.165, 1.54) is 60.2 Å². The summed E-state index contributed by atoms with van der Waals surface area (Å²) >= 11 is 0. The Bertz CT molecular complexity index is 1960. The highest BCUT2D eigenvalue weighted by atomic mass is 19.1. The Balaban J connectivity index is 1.42. The maximum Gasteiger partial charge on any atom is 0.246 e. The molecule has 0 bridgehead atoms. The van der Waals surface area contributed by atoms with Crippen LogP contribution < -0.4 is 21.7 Å². The van der Waals surface area contributed by atoms with Crippen LogP contribution >= 0.6 is 0 Å². The molecular formula is C41H47FN6O6. The van der Waals surface area contributed by atoms with E-state index in [1.54, 1.807) is 12.1 Å². The average molecular weight is 739 g/mol. The molecule has 6 N–H and O–H groups in total. The number of benzene rings is 4. The third kappa shape index (κ3) is 9.98. The number of hydrogen-bond donors (Lipinski definition) is 5. The second kappa shape index (κ2) is 18.3. The van der Waals surface area contributed by atoms with Crippen molar-refractivity contribution in [2.45, 2.75) is 63.2 Å². The van der Waals surface area contributed by atoms with Crippen LogP contribution in [-0.4, -0.2) is 95.3 Å². The van der Waals surface area contributed by atoms with Gasteiger partial charge in [0.2, 0.25) is 29.5 Å². The van der Waals surface area contributed by atoms with Gasteiger partial charge in [-0.2, -0.15) is 0 Å². The maximum atomic E-state index is 14.6. The summed E-state index contributed by atoms with van der Waals surface area (Å²) in [5.74, 6) is -2.83. The van der Waals surface area contributed by atoms with Crippen LogP contribution in [-0.2, 0) is 43.2 Å². The largest absolute Gasteiger partial charge is 0.508 e. The Morgan fingerprint density at radius 1 is 0.815 bits per heavy atom. The topological polar surface area (TPSA) is 174 Å². The Morgan fingerprint density at radius 2 is 1.44 bits per heavy atom. The van der Waals surface area contributed by atoms with Gasteiger partial charge in [-0.05, 0) is 71.1 Å². The summed E-state index contributed by atoms with van der Waals surface area (Å²) in [5, 5.41) is 19.9. The molecule has 13 heteroatoms. The zero-order chi connectivity index (χ0) is 38.8. The number of halogens is 1. The van der Waals surface area contributed by atoms with Gasteiger partial charge in [0.05, 0.1) is 0 Å².